The van der Waals surface area contributed by atoms with E-state index in [0.29, 0.717) is 24.6 Å². The zero-order valence-electron chi connectivity index (χ0n) is 18.9. The maximum atomic E-state index is 12.5. The normalized spacial score (nSPS) is 11.1. The predicted molar refractivity (Wildman–Crippen MR) is 118 cm³/mol. The molecule has 0 saturated carbocycles. The maximum Gasteiger partial charge on any atom is 0.355 e. The molecule has 0 unspecified atom stereocenters. The number of H-pyrrole nitrogens is 2. The summed E-state index contributed by atoms with van der Waals surface area (Å²) >= 11 is 0. The smallest absolute Gasteiger partial charge is 0.355 e. The molecule has 0 atom stereocenters. The van der Waals surface area contributed by atoms with Gasteiger partial charge >= 0.3 is 11.9 Å². The quantitative estimate of drug-likeness (QED) is 0.545. The highest BCUT2D eigenvalue weighted by Crippen LogP contribution is 2.37. The van der Waals surface area contributed by atoms with E-state index in [2.05, 4.69) is 15.0 Å². The molecule has 0 fully saturated rings. The lowest BCUT2D eigenvalue weighted by molar-refractivity contribution is 0.0510. The van der Waals surface area contributed by atoms with Gasteiger partial charge in [-0.15, -0.1) is 0 Å². The molecule has 0 aliphatic heterocycles. The van der Waals surface area contributed by atoms with Crippen molar-refractivity contribution in [3.8, 4) is 0 Å². The Morgan fingerprint density at radius 1 is 0.806 bits per heavy atom. The Labute approximate surface area is 182 Å². The van der Waals surface area contributed by atoms with Crippen LogP contribution in [0.15, 0.2) is 24.5 Å². The molecule has 3 rings (SSSR count). The molecule has 3 aromatic rings. The number of esters is 2. The summed E-state index contributed by atoms with van der Waals surface area (Å²) in [5, 5.41) is 0. The van der Waals surface area contributed by atoms with Gasteiger partial charge in [0.2, 0.25) is 0 Å². The minimum absolute atomic E-state index is 0.258. The Kier molecular flexibility index (Phi) is 6.63. The van der Waals surface area contributed by atoms with Crippen molar-refractivity contribution < 1.29 is 19.1 Å². The number of nitrogens with zero attached hydrogens (tertiary/aromatic N) is 1. The van der Waals surface area contributed by atoms with Gasteiger partial charge in [-0.3, -0.25) is 4.98 Å². The van der Waals surface area contributed by atoms with Crippen LogP contribution in [-0.4, -0.2) is 40.1 Å². The third kappa shape index (κ3) is 4.13. The Morgan fingerprint density at radius 2 is 1.23 bits per heavy atom. The summed E-state index contributed by atoms with van der Waals surface area (Å²) in [6.07, 6.45) is 3.47. The van der Waals surface area contributed by atoms with Crippen LogP contribution in [0.5, 0.6) is 0 Å². The highest BCUT2D eigenvalue weighted by atomic mass is 16.5. The van der Waals surface area contributed by atoms with Crippen LogP contribution in [0, 0.1) is 27.7 Å². The summed E-state index contributed by atoms with van der Waals surface area (Å²) in [6.45, 7) is 11.9. The number of hydrogen-bond donors (Lipinski definition) is 2. The van der Waals surface area contributed by atoms with Gasteiger partial charge in [0, 0.05) is 23.8 Å². The van der Waals surface area contributed by atoms with Gasteiger partial charge in [-0.05, 0) is 81.5 Å². The van der Waals surface area contributed by atoms with E-state index >= 15 is 0 Å². The zero-order valence-corrected chi connectivity index (χ0v) is 18.9. The number of rotatable bonds is 7. The van der Waals surface area contributed by atoms with Crippen LogP contribution in [-0.2, 0) is 9.47 Å². The Hall–Kier alpha value is -3.35. The van der Waals surface area contributed by atoms with Gasteiger partial charge < -0.3 is 19.4 Å². The van der Waals surface area contributed by atoms with Crippen molar-refractivity contribution in [3.05, 3.63) is 75.1 Å². The van der Waals surface area contributed by atoms with Gasteiger partial charge in [0.1, 0.15) is 11.4 Å². The first-order chi connectivity index (χ1) is 14.8. The van der Waals surface area contributed by atoms with Gasteiger partial charge in [-0.1, -0.05) is 0 Å². The van der Waals surface area contributed by atoms with Crippen molar-refractivity contribution in [2.24, 2.45) is 0 Å². The number of carbonyl (C=O) groups is 2. The van der Waals surface area contributed by atoms with E-state index in [-0.39, 0.29) is 17.9 Å². The summed E-state index contributed by atoms with van der Waals surface area (Å²) in [5.41, 5.74) is 7.23. The minimum atomic E-state index is -0.380. The lowest BCUT2D eigenvalue weighted by Gasteiger charge is -2.18. The molecular weight excluding hydrogens is 394 g/mol. The molecule has 3 heterocycles. The number of ether oxygens (including phenoxy) is 2. The van der Waals surface area contributed by atoms with Crippen molar-refractivity contribution in [3.63, 3.8) is 0 Å². The highest BCUT2D eigenvalue weighted by molar-refractivity contribution is 5.91. The monoisotopic (exact) mass is 423 g/mol. The second-order valence-corrected chi connectivity index (χ2v) is 7.48. The first-order valence-corrected chi connectivity index (χ1v) is 10.4. The van der Waals surface area contributed by atoms with Crippen molar-refractivity contribution in [2.75, 3.05) is 13.2 Å². The summed E-state index contributed by atoms with van der Waals surface area (Å²) < 4.78 is 10.4. The standard InChI is InChI=1S/C24H29N3O4/c1-7-30-23(28)21-15(5)13(3)19(26-21)18(17-9-11-25-12-10-17)20-14(4)16(6)22(27-20)24(29)31-8-2/h9-12,18,26-27H,7-8H2,1-6H3. The Bertz CT molecular complexity index is 1030. The number of hydrogen-bond acceptors (Lipinski definition) is 5. The molecular formula is C24H29N3O4. The lowest BCUT2D eigenvalue weighted by atomic mass is 9.88. The lowest BCUT2D eigenvalue weighted by Crippen LogP contribution is -2.10. The molecule has 0 saturated heterocycles. The average molecular weight is 424 g/mol. The summed E-state index contributed by atoms with van der Waals surface area (Å²) in [5.74, 6) is -1.02. The molecule has 7 nitrogen and oxygen atoms in total. The number of nitrogens with one attached hydrogen (secondary N) is 2. The first-order valence-electron chi connectivity index (χ1n) is 10.4. The zero-order chi connectivity index (χ0) is 22.7. The fourth-order valence-corrected chi connectivity index (χ4v) is 3.85. The van der Waals surface area contributed by atoms with Crippen molar-refractivity contribution in [2.45, 2.75) is 47.5 Å². The van der Waals surface area contributed by atoms with Crippen molar-refractivity contribution in [1.29, 1.82) is 0 Å². The fraction of sp³-hybridized carbons (Fsp3) is 0.375. The van der Waals surface area contributed by atoms with Crippen LogP contribution in [0.4, 0.5) is 0 Å². The van der Waals surface area contributed by atoms with E-state index in [4.69, 9.17) is 9.47 Å². The predicted octanol–water partition coefficient (Wildman–Crippen LogP) is 4.51. The molecule has 0 bridgehead atoms. The summed E-state index contributed by atoms with van der Waals surface area (Å²) in [7, 11) is 0. The molecule has 0 aromatic carbocycles. The second kappa shape index (κ2) is 9.20. The highest BCUT2D eigenvalue weighted by Gasteiger charge is 2.30. The van der Waals surface area contributed by atoms with Crippen molar-refractivity contribution >= 4 is 11.9 Å². The number of aromatic nitrogens is 3. The van der Waals surface area contributed by atoms with Crippen LogP contribution >= 0.6 is 0 Å². The van der Waals surface area contributed by atoms with Crippen LogP contribution in [0.25, 0.3) is 0 Å². The van der Waals surface area contributed by atoms with Gasteiger partial charge in [0.05, 0.1) is 19.1 Å². The molecule has 0 radical (unpaired) electrons. The number of pyridine rings is 1. The van der Waals surface area contributed by atoms with E-state index < -0.39 is 0 Å². The third-order valence-corrected chi connectivity index (χ3v) is 5.78. The van der Waals surface area contributed by atoms with Crippen LogP contribution in [0.2, 0.25) is 0 Å². The Balaban J connectivity index is 2.22. The average Bonchev–Trinajstić information content (AvgIpc) is 3.21. The molecule has 31 heavy (non-hydrogen) atoms. The fourth-order valence-electron chi connectivity index (χ4n) is 3.85. The molecule has 0 amide bonds. The molecule has 0 aliphatic rings. The molecule has 2 N–H and O–H groups in total. The summed E-state index contributed by atoms with van der Waals surface area (Å²) in [4.78, 5) is 35.7. The van der Waals surface area contributed by atoms with Gasteiger partial charge in [-0.25, -0.2) is 9.59 Å². The molecule has 0 aliphatic carbocycles. The van der Waals surface area contributed by atoms with E-state index in [1.54, 1.807) is 26.2 Å². The second-order valence-electron chi connectivity index (χ2n) is 7.48. The van der Waals surface area contributed by atoms with Gasteiger partial charge in [-0.2, -0.15) is 0 Å². The van der Waals surface area contributed by atoms with Gasteiger partial charge in [0.25, 0.3) is 0 Å². The maximum absolute atomic E-state index is 12.5. The molecule has 0 spiro atoms. The van der Waals surface area contributed by atoms with Crippen LogP contribution < -0.4 is 0 Å². The molecule has 3 aromatic heterocycles. The third-order valence-electron chi connectivity index (χ3n) is 5.78. The van der Waals surface area contributed by atoms with E-state index in [9.17, 15) is 9.59 Å². The van der Waals surface area contributed by atoms with E-state index in [0.717, 1.165) is 39.2 Å². The largest absolute Gasteiger partial charge is 0.461 e. The summed E-state index contributed by atoms with van der Waals surface area (Å²) in [6, 6.07) is 3.87. The number of aromatic amines is 2. The topological polar surface area (TPSA) is 97.1 Å². The SMILES string of the molecule is CCOC(=O)c1[nH]c(C(c2ccncc2)c2[nH]c(C(=O)OCC)c(C)c2C)c(C)c1C. The molecule has 7 heteroatoms. The number of carbonyl (C=O) groups excluding carboxylic acids is 2. The molecule has 164 valence electrons. The van der Waals surface area contributed by atoms with E-state index in [1.165, 1.54) is 0 Å². The first kappa shape index (κ1) is 22.3. The van der Waals surface area contributed by atoms with Crippen LogP contribution in [0.1, 0.15) is 79.9 Å². The minimum Gasteiger partial charge on any atom is -0.461 e. The van der Waals surface area contributed by atoms with Crippen LogP contribution in [0.3, 0.4) is 0 Å². The Morgan fingerprint density at radius 3 is 1.61 bits per heavy atom. The van der Waals surface area contributed by atoms with Crippen molar-refractivity contribution in [1.82, 2.24) is 15.0 Å². The van der Waals surface area contributed by atoms with Gasteiger partial charge in [0.15, 0.2) is 0 Å². The van der Waals surface area contributed by atoms with E-state index in [1.807, 2.05) is 39.8 Å².